The molecule has 0 aliphatic heterocycles. The van der Waals surface area contributed by atoms with Crippen molar-refractivity contribution in [3.8, 4) is 0 Å². The lowest BCUT2D eigenvalue weighted by molar-refractivity contribution is -0.119. The second kappa shape index (κ2) is 7.98. The van der Waals surface area contributed by atoms with Gasteiger partial charge in [0.2, 0.25) is 0 Å². The quantitative estimate of drug-likeness (QED) is 0.607. The van der Waals surface area contributed by atoms with Crippen LogP contribution >= 0.6 is 23.4 Å². The van der Waals surface area contributed by atoms with E-state index < -0.39 is 24.2 Å². The van der Waals surface area contributed by atoms with Gasteiger partial charge in [-0.15, -0.1) is 0 Å². The van der Waals surface area contributed by atoms with Gasteiger partial charge < -0.3 is 15.0 Å². The van der Waals surface area contributed by atoms with Gasteiger partial charge in [-0.1, -0.05) is 23.4 Å². The summed E-state index contributed by atoms with van der Waals surface area (Å²) < 4.78 is 29.2. The van der Waals surface area contributed by atoms with Crippen molar-refractivity contribution in [3.63, 3.8) is 0 Å². The molecule has 0 radical (unpaired) electrons. The molecule has 0 saturated heterocycles. The fraction of sp³-hybridized carbons (Fsp3) is 0.143. The van der Waals surface area contributed by atoms with Crippen LogP contribution in [0.5, 0.6) is 0 Å². The second-order valence-corrected chi connectivity index (χ2v) is 5.76. The smallest absolute Gasteiger partial charge is 0.355 e. The third-order valence-corrected chi connectivity index (χ3v) is 3.51. The number of carbonyl (C=O) groups excluding carboxylic acids is 2. The number of rotatable bonds is 6. The molecule has 5 nitrogen and oxygen atoms in total. The Morgan fingerprint density at radius 2 is 2.00 bits per heavy atom. The van der Waals surface area contributed by atoms with Crippen LogP contribution in [-0.2, 0) is 9.53 Å². The number of aromatic nitrogens is 1. The molecule has 0 aliphatic rings. The lowest BCUT2D eigenvalue weighted by Gasteiger charge is -2.07. The topological polar surface area (TPSA) is 71.2 Å². The van der Waals surface area contributed by atoms with E-state index in [0.717, 1.165) is 0 Å². The van der Waals surface area contributed by atoms with Crippen molar-refractivity contribution in [1.29, 1.82) is 0 Å². The van der Waals surface area contributed by atoms with Crippen molar-refractivity contribution < 1.29 is 23.1 Å². The number of alkyl halides is 2. The summed E-state index contributed by atoms with van der Waals surface area (Å²) in [5, 5.41) is 2.84. The molecule has 23 heavy (non-hydrogen) atoms. The predicted molar refractivity (Wildman–Crippen MR) is 83.0 cm³/mol. The van der Waals surface area contributed by atoms with Crippen molar-refractivity contribution in [2.24, 2.45) is 0 Å². The van der Waals surface area contributed by atoms with E-state index in [9.17, 15) is 18.4 Å². The molecular formula is C14H11ClF2N2O3S. The van der Waals surface area contributed by atoms with E-state index in [-0.39, 0.29) is 5.69 Å². The van der Waals surface area contributed by atoms with Crippen molar-refractivity contribution in [2.75, 3.05) is 11.9 Å². The maximum atomic E-state index is 12.2. The van der Waals surface area contributed by atoms with Crippen LogP contribution in [0.25, 0.3) is 0 Å². The van der Waals surface area contributed by atoms with Crippen LogP contribution in [0.15, 0.2) is 41.4 Å². The van der Waals surface area contributed by atoms with Crippen molar-refractivity contribution in [3.05, 3.63) is 47.2 Å². The molecule has 0 atom stereocenters. The Bertz CT molecular complexity index is 692. The summed E-state index contributed by atoms with van der Waals surface area (Å²) in [6.07, 6.45) is 1.41. The number of ether oxygens (including phenoxy) is 1. The Balaban J connectivity index is 1.81. The first-order valence-electron chi connectivity index (χ1n) is 6.30. The highest BCUT2D eigenvalue weighted by atomic mass is 35.5. The second-order valence-electron chi connectivity index (χ2n) is 4.26. The van der Waals surface area contributed by atoms with E-state index >= 15 is 0 Å². The third kappa shape index (κ3) is 5.57. The zero-order valence-corrected chi connectivity index (χ0v) is 13.1. The van der Waals surface area contributed by atoms with Crippen molar-refractivity contribution in [1.82, 2.24) is 4.98 Å². The Labute approximate surface area is 139 Å². The number of benzene rings is 1. The molecule has 1 aromatic heterocycles. The Hall–Kier alpha value is -2.06. The average Bonchev–Trinajstić information content (AvgIpc) is 2.93. The molecule has 0 saturated carbocycles. The first-order valence-corrected chi connectivity index (χ1v) is 7.55. The summed E-state index contributed by atoms with van der Waals surface area (Å²) in [5.41, 5.74) is 0.545. The summed E-state index contributed by atoms with van der Waals surface area (Å²) in [7, 11) is 0. The highest BCUT2D eigenvalue weighted by Gasteiger charge is 2.12. The maximum Gasteiger partial charge on any atom is 0.355 e. The van der Waals surface area contributed by atoms with Crippen LogP contribution in [0.4, 0.5) is 14.5 Å². The van der Waals surface area contributed by atoms with E-state index in [1.165, 1.54) is 36.5 Å². The fourth-order valence-electron chi connectivity index (χ4n) is 1.61. The summed E-state index contributed by atoms with van der Waals surface area (Å²) in [6, 6.07) is 7.25. The summed E-state index contributed by atoms with van der Waals surface area (Å²) in [5.74, 6) is -3.77. The Morgan fingerprint density at radius 3 is 2.57 bits per heavy atom. The Morgan fingerprint density at radius 1 is 1.30 bits per heavy atom. The predicted octanol–water partition coefficient (Wildman–Crippen LogP) is 3.78. The SMILES string of the molecule is O=C(COC(=O)c1cc(Cl)c[nH]1)Nc1ccc(SC(F)F)cc1. The van der Waals surface area contributed by atoms with Crippen LogP contribution in [0.1, 0.15) is 10.5 Å². The normalized spacial score (nSPS) is 10.6. The number of H-pyrrole nitrogens is 1. The van der Waals surface area contributed by atoms with Gasteiger partial charge >= 0.3 is 5.97 Å². The number of nitrogens with one attached hydrogen (secondary N) is 2. The van der Waals surface area contributed by atoms with Gasteiger partial charge in [0, 0.05) is 16.8 Å². The molecule has 9 heteroatoms. The van der Waals surface area contributed by atoms with Gasteiger partial charge in [0.15, 0.2) is 6.61 Å². The van der Waals surface area contributed by atoms with Crippen LogP contribution in [-0.4, -0.2) is 29.2 Å². The van der Waals surface area contributed by atoms with Crippen LogP contribution in [0, 0.1) is 0 Å². The molecule has 2 N–H and O–H groups in total. The van der Waals surface area contributed by atoms with E-state index in [1.807, 2.05) is 0 Å². The standard InChI is InChI=1S/C14H11ClF2N2O3S/c15-8-5-11(18-6-8)13(21)22-7-12(20)19-9-1-3-10(4-2-9)23-14(16)17/h1-6,14,18H,7H2,(H,19,20). The van der Waals surface area contributed by atoms with Crippen LogP contribution < -0.4 is 5.32 Å². The molecule has 2 aromatic rings. The average molecular weight is 361 g/mol. The third-order valence-electron chi connectivity index (χ3n) is 2.57. The van der Waals surface area contributed by atoms with Crippen molar-refractivity contribution in [2.45, 2.75) is 10.7 Å². The molecular weight excluding hydrogens is 350 g/mol. The van der Waals surface area contributed by atoms with E-state index in [4.69, 9.17) is 16.3 Å². The molecule has 0 fully saturated rings. The van der Waals surface area contributed by atoms with Gasteiger partial charge in [-0.25, -0.2) is 4.79 Å². The first-order chi connectivity index (χ1) is 10.9. The highest BCUT2D eigenvalue weighted by Crippen LogP contribution is 2.26. The first kappa shape index (κ1) is 17.3. The molecule has 1 aromatic carbocycles. The number of esters is 1. The number of carbonyl (C=O) groups is 2. The van der Waals surface area contributed by atoms with Gasteiger partial charge in [0.25, 0.3) is 11.7 Å². The largest absolute Gasteiger partial charge is 0.451 e. The van der Waals surface area contributed by atoms with E-state index in [0.29, 0.717) is 27.4 Å². The molecule has 2 rings (SSSR count). The van der Waals surface area contributed by atoms with Crippen LogP contribution in [0.3, 0.4) is 0 Å². The molecule has 0 spiro atoms. The van der Waals surface area contributed by atoms with Crippen molar-refractivity contribution >= 4 is 40.9 Å². The lowest BCUT2D eigenvalue weighted by Crippen LogP contribution is -2.21. The fourth-order valence-corrected chi connectivity index (χ4v) is 2.27. The van der Waals surface area contributed by atoms with Gasteiger partial charge in [0.05, 0.1) is 5.02 Å². The summed E-state index contributed by atoms with van der Waals surface area (Å²) >= 11 is 6.06. The van der Waals surface area contributed by atoms with Gasteiger partial charge in [-0.3, -0.25) is 4.79 Å². The Kier molecular flexibility index (Phi) is 6.00. The number of thioether (sulfide) groups is 1. The van der Waals surface area contributed by atoms with E-state index in [1.54, 1.807) is 0 Å². The molecule has 1 heterocycles. The zero-order valence-electron chi connectivity index (χ0n) is 11.5. The number of hydrogen-bond acceptors (Lipinski definition) is 4. The lowest BCUT2D eigenvalue weighted by atomic mass is 10.3. The zero-order chi connectivity index (χ0) is 16.8. The monoisotopic (exact) mass is 360 g/mol. The highest BCUT2D eigenvalue weighted by molar-refractivity contribution is 7.99. The van der Waals surface area contributed by atoms with E-state index in [2.05, 4.69) is 10.3 Å². The minimum atomic E-state index is -2.50. The minimum Gasteiger partial charge on any atom is -0.451 e. The number of halogens is 3. The minimum absolute atomic E-state index is 0.135. The number of anilines is 1. The number of amides is 1. The summed E-state index contributed by atoms with van der Waals surface area (Å²) in [4.78, 5) is 26.2. The summed E-state index contributed by atoms with van der Waals surface area (Å²) in [6.45, 7) is -0.483. The molecule has 0 aliphatic carbocycles. The molecule has 122 valence electrons. The molecule has 0 bridgehead atoms. The van der Waals surface area contributed by atoms with Crippen LogP contribution in [0.2, 0.25) is 5.02 Å². The number of aromatic amines is 1. The number of hydrogen-bond donors (Lipinski definition) is 2. The maximum absolute atomic E-state index is 12.2. The molecule has 1 amide bonds. The van der Waals surface area contributed by atoms with Gasteiger partial charge in [0.1, 0.15) is 5.69 Å². The van der Waals surface area contributed by atoms with Gasteiger partial charge in [-0.05, 0) is 30.3 Å². The van der Waals surface area contributed by atoms with Gasteiger partial charge in [-0.2, -0.15) is 8.78 Å². The molecule has 0 unspecified atom stereocenters.